The highest BCUT2D eigenvalue weighted by Gasteiger charge is 2.47. The van der Waals surface area contributed by atoms with Gasteiger partial charge in [-0.3, -0.25) is 32.6 Å². The van der Waals surface area contributed by atoms with E-state index >= 15 is 0 Å². The number of aliphatic carboxylic acids is 1. The standard InChI is InChI=1S/C56H72N4O17P2S5/c1-55(2)48-18-9-5-10-19-49-56(3,54-43-31-38(81(68,69)70)33-46(82(71,72)73)41(43)24-26-45(54)60(49)29-16-30-80(65,66)67)27-14-6-11-20-50(61)57-35-37(17-8-4-13-22-52(63)64)36-58-51(62)21-12-7-15-28-59(48)44-25-23-40-42(53(44)55)32-39(84(77,78)79)34-47(40)83(74,75)76/h5,9-10,18-19,23-26,31-34,37,78-79H,4,6-8,11-17,20-22,27-30,35-36H2,1-3H3,(H7-,57,58,61,62,63,64,65,66,67,68,69,70,71,72,73,74,75,76,77)/p+1. The Morgan fingerprint density at radius 1 is 0.667 bits per heavy atom. The first-order valence-corrected chi connectivity index (χ1v) is 37.5. The third kappa shape index (κ3) is 16.0. The summed E-state index contributed by atoms with van der Waals surface area (Å²) in [4.78, 5) is 37.8. The van der Waals surface area contributed by atoms with Crippen molar-refractivity contribution in [3.05, 3.63) is 95.7 Å². The Bertz CT molecular complexity index is 4000. The van der Waals surface area contributed by atoms with Crippen molar-refractivity contribution in [2.75, 3.05) is 36.8 Å². The highest BCUT2D eigenvalue weighted by molar-refractivity contribution is 8.37. The van der Waals surface area contributed by atoms with Gasteiger partial charge >= 0.3 is 5.97 Å². The summed E-state index contributed by atoms with van der Waals surface area (Å²) < 4.78 is 156. The number of hydrogen-bond acceptors (Lipinski definition) is 12. The van der Waals surface area contributed by atoms with E-state index in [9.17, 15) is 70.8 Å². The molecule has 4 aromatic carbocycles. The monoisotopic (exact) mass is 1300 g/mol. The molecule has 0 spiro atoms. The average molecular weight is 1300 g/mol. The van der Waals surface area contributed by atoms with Crippen molar-refractivity contribution in [2.45, 2.75) is 147 Å². The Hall–Kier alpha value is -4.95. The number of rotatable bonds is 14. The molecule has 0 aliphatic carbocycles. The molecule has 2 atom stereocenters. The SMILES string of the molecule is CC1(C)C2=[N+](CCCCCC(=O)NCC(CCCCCC(=O)O)CNC(=O)CCCCCC3(C)/C(=C/C=C/C=C/2)N(CCCS(=O)(=O)O)c2ccc4c(S(=O)(=O)O)cc(S(=O)(=O)O)cc4c23)c2ccc3c(S(=O)(=O)O)cc(S(O)(=P)=P)cc3c21. The predicted octanol–water partition coefficient (Wildman–Crippen LogP) is 9.67. The fraction of sp³-hybridized carbons (Fsp3) is 0.464. The molecule has 2 amide bonds. The summed E-state index contributed by atoms with van der Waals surface area (Å²) in [6, 6.07) is 11.0. The van der Waals surface area contributed by atoms with Gasteiger partial charge in [-0.1, -0.05) is 66.0 Å². The van der Waals surface area contributed by atoms with Crippen LogP contribution in [0.5, 0.6) is 0 Å². The van der Waals surface area contributed by atoms with Crippen LogP contribution in [0.3, 0.4) is 0 Å². The maximum atomic E-state index is 13.4. The van der Waals surface area contributed by atoms with Crippen molar-refractivity contribution in [1.29, 1.82) is 0 Å². The third-order valence-electron chi connectivity index (χ3n) is 15.9. The predicted molar refractivity (Wildman–Crippen MR) is 329 cm³/mol. The number of carbonyl (C=O) groups excluding carboxylic acids is 2. The summed E-state index contributed by atoms with van der Waals surface area (Å²) in [5, 5.41) is 15.8. The van der Waals surface area contributed by atoms with Crippen LogP contribution in [0.4, 0.5) is 11.4 Å². The Kier molecular flexibility index (Phi) is 21.1. The van der Waals surface area contributed by atoms with E-state index in [0.717, 1.165) is 17.5 Å². The van der Waals surface area contributed by atoms with Gasteiger partial charge in [0.15, 0.2) is 5.71 Å². The molecule has 2 unspecified atom stereocenters. The Balaban J connectivity index is 1.37. The van der Waals surface area contributed by atoms with E-state index < -0.39 is 86.4 Å². The normalized spacial score (nSPS) is 21.6. The largest absolute Gasteiger partial charge is 0.481 e. The molecular weight excluding hydrogens is 1220 g/mol. The van der Waals surface area contributed by atoms with Gasteiger partial charge in [0, 0.05) is 95.5 Å². The van der Waals surface area contributed by atoms with Gasteiger partial charge in [0.25, 0.3) is 40.5 Å². The second-order valence-corrected chi connectivity index (χ2v) is 34.6. The quantitative estimate of drug-likeness (QED) is 0.0252. The molecule has 0 saturated heterocycles. The number of anilines is 1. The van der Waals surface area contributed by atoms with Crippen molar-refractivity contribution in [1.82, 2.24) is 10.6 Å². The first kappa shape index (κ1) is 66.6. The van der Waals surface area contributed by atoms with Crippen molar-refractivity contribution in [2.24, 2.45) is 5.92 Å². The van der Waals surface area contributed by atoms with Crippen LogP contribution in [0.1, 0.15) is 128 Å². The van der Waals surface area contributed by atoms with E-state index in [1.807, 2.05) is 26.8 Å². The molecule has 0 saturated carbocycles. The summed E-state index contributed by atoms with van der Waals surface area (Å²) in [6.07, 6.45) is 15.1. The van der Waals surface area contributed by atoms with Crippen molar-refractivity contribution in [3.63, 3.8) is 0 Å². The van der Waals surface area contributed by atoms with Gasteiger partial charge in [-0.2, -0.15) is 38.2 Å². The van der Waals surface area contributed by atoms with Crippen LogP contribution >= 0.6 is 16.0 Å². The highest BCUT2D eigenvalue weighted by atomic mass is 32.7. The minimum absolute atomic E-state index is 0.0170. The Morgan fingerprint density at radius 2 is 1.25 bits per heavy atom. The molecule has 3 heterocycles. The first-order valence-electron chi connectivity index (χ1n) is 27.5. The summed E-state index contributed by atoms with van der Waals surface area (Å²) in [5.74, 6) is -2.06. The number of amides is 2. The molecule has 458 valence electrons. The minimum Gasteiger partial charge on any atom is -0.481 e. The van der Waals surface area contributed by atoms with Crippen LogP contribution in [0.25, 0.3) is 21.5 Å². The van der Waals surface area contributed by atoms with E-state index in [4.69, 9.17) is 5.11 Å². The second kappa shape index (κ2) is 26.6. The summed E-state index contributed by atoms with van der Waals surface area (Å²) in [7, 11) is -15.7. The van der Waals surface area contributed by atoms with Gasteiger partial charge in [-0.15, -0.1) is 0 Å². The lowest BCUT2D eigenvalue weighted by Gasteiger charge is -2.31. The number of benzene rings is 4. The fourth-order valence-corrected chi connectivity index (χ4v) is 15.8. The topological polar surface area (TPSA) is 339 Å². The van der Waals surface area contributed by atoms with Gasteiger partial charge in [0.2, 0.25) is 17.5 Å². The number of nitrogens with zero attached hydrogens (tertiary/aromatic N) is 2. The van der Waals surface area contributed by atoms with Gasteiger partial charge in [0.1, 0.15) is 16.3 Å². The molecule has 0 radical (unpaired) electrons. The average Bonchev–Trinajstić information content (AvgIpc) is 1.53. The van der Waals surface area contributed by atoms with Crippen LogP contribution in [0.15, 0.2) is 104 Å². The van der Waals surface area contributed by atoms with Crippen LogP contribution in [0, 0.1) is 5.92 Å². The zero-order valence-corrected chi connectivity index (χ0v) is 52.9. The van der Waals surface area contributed by atoms with Crippen LogP contribution in [-0.2, 0) is 74.4 Å². The van der Waals surface area contributed by atoms with Crippen molar-refractivity contribution < 1.29 is 80.5 Å². The molecular formula is C56H73N4O17P2S5+. The number of hydrogen-bond donors (Lipinski definition) is 8. The van der Waals surface area contributed by atoms with E-state index in [1.165, 1.54) is 12.1 Å². The van der Waals surface area contributed by atoms with E-state index in [1.54, 1.807) is 53.5 Å². The molecule has 8 N–H and O–H groups in total. The molecule has 28 heteroatoms. The lowest BCUT2D eigenvalue weighted by molar-refractivity contribution is -0.438. The van der Waals surface area contributed by atoms with Crippen LogP contribution < -0.4 is 15.5 Å². The Labute approximate surface area is 495 Å². The molecule has 7 rings (SSSR count). The number of allylic oxidation sites excluding steroid dienone is 6. The van der Waals surface area contributed by atoms with Gasteiger partial charge in [-0.05, 0) is 139 Å². The smallest absolute Gasteiger partial charge is 0.303 e. The summed E-state index contributed by atoms with van der Waals surface area (Å²) >= 11 is 0. The number of carboxylic acid groups (broad SMARTS) is 1. The molecule has 4 aromatic rings. The van der Waals surface area contributed by atoms with Crippen molar-refractivity contribution >= 4 is 122 Å². The molecule has 3 aliphatic rings. The van der Waals surface area contributed by atoms with Crippen LogP contribution in [0.2, 0.25) is 0 Å². The molecule has 21 nitrogen and oxygen atoms in total. The number of nitrogens with one attached hydrogen (secondary N) is 2. The maximum absolute atomic E-state index is 13.4. The number of unbranched alkanes of at least 4 members (excludes halogenated alkanes) is 2. The zero-order chi connectivity index (χ0) is 61.8. The molecule has 0 aromatic heterocycles. The van der Waals surface area contributed by atoms with Gasteiger partial charge in [-0.25, -0.2) is 0 Å². The van der Waals surface area contributed by atoms with E-state index in [-0.39, 0.29) is 90.5 Å². The first-order chi connectivity index (χ1) is 39.1. The molecule has 3 aliphatic heterocycles. The summed E-state index contributed by atoms with van der Waals surface area (Å²) in [6.45, 7) is 6.74. The molecule has 0 fully saturated rings. The number of carboxylic acids is 1. The lowest BCUT2D eigenvalue weighted by Crippen LogP contribution is -2.36. The number of fused-ring (bicyclic) bond motifs is 9. The second-order valence-electron chi connectivity index (χ2n) is 22.4. The highest BCUT2D eigenvalue weighted by Crippen LogP contribution is 2.54. The molecule has 0 bridgehead atoms. The van der Waals surface area contributed by atoms with Crippen LogP contribution in [-0.4, -0.2) is 122 Å². The Morgan fingerprint density at radius 3 is 1.83 bits per heavy atom. The van der Waals surface area contributed by atoms with Crippen molar-refractivity contribution in [3.8, 4) is 0 Å². The molecule has 84 heavy (non-hydrogen) atoms. The zero-order valence-electron chi connectivity index (χ0n) is 46.8. The number of carbonyl (C=O) groups is 3. The van der Waals surface area contributed by atoms with Gasteiger partial charge in [0.05, 0.1) is 16.1 Å². The lowest BCUT2D eigenvalue weighted by atomic mass is 9.75. The minimum atomic E-state index is -5.12. The third-order valence-corrected chi connectivity index (χ3v) is 21.7. The fourth-order valence-electron chi connectivity index (χ4n) is 11.9. The van der Waals surface area contributed by atoms with E-state index in [0.29, 0.717) is 105 Å². The maximum Gasteiger partial charge on any atom is 0.303 e. The van der Waals surface area contributed by atoms with Gasteiger partial charge < -0.3 is 25.2 Å². The van der Waals surface area contributed by atoms with E-state index in [2.05, 4.69) is 31.2 Å². The summed E-state index contributed by atoms with van der Waals surface area (Å²) in [5.41, 5.74) is 1.55.